The Labute approximate surface area is 256 Å². The normalized spacial score (nSPS) is 20.0. The summed E-state index contributed by atoms with van der Waals surface area (Å²) in [6.45, 7) is 0.369. The van der Waals surface area contributed by atoms with Gasteiger partial charge in [0.05, 0.1) is 46.4 Å². The molecular weight excluding hydrogens is 626 g/mol. The molecule has 3 heterocycles. The van der Waals surface area contributed by atoms with Gasteiger partial charge in [-0.25, -0.2) is 0 Å². The maximum atomic E-state index is 13.7. The fourth-order valence-corrected chi connectivity index (χ4v) is 6.36. The van der Waals surface area contributed by atoms with E-state index < -0.39 is 46.7 Å². The highest BCUT2D eigenvalue weighted by Crippen LogP contribution is 2.39. The summed E-state index contributed by atoms with van der Waals surface area (Å²) < 4.78 is 86.9. The minimum Gasteiger partial charge on any atom is -0.381 e. The summed E-state index contributed by atoms with van der Waals surface area (Å²) in [6, 6.07) is 6.30. The Morgan fingerprint density at radius 1 is 1.04 bits per heavy atom. The molecule has 3 amide bonds. The molecule has 0 atom stereocenters. The van der Waals surface area contributed by atoms with Gasteiger partial charge in [-0.1, -0.05) is 12.1 Å². The number of halogens is 6. The molecule has 238 valence electrons. The van der Waals surface area contributed by atoms with Gasteiger partial charge in [-0.2, -0.15) is 31.4 Å². The van der Waals surface area contributed by atoms with Gasteiger partial charge in [0.2, 0.25) is 5.91 Å². The topological polar surface area (TPSA) is 93.5 Å². The number of aromatic nitrogens is 2. The van der Waals surface area contributed by atoms with E-state index in [-0.39, 0.29) is 34.9 Å². The van der Waals surface area contributed by atoms with Crippen molar-refractivity contribution in [3.05, 3.63) is 69.8 Å². The number of hydrogen-bond acceptors (Lipinski definition) is 6. The van der Waals surface area contributed by atoms with Gasteiger partial charge >= 0.3 is 12.4 Å². The number of hydrogen-bond donors (Lipinski definition) is 1. The summed E-state index contributed by atoms with van der Waals surface area (Å²) in [5.41, 5.74) is -3.01. The van der Waals surface area contributed by atoms with Crippen molar-refractivity contribution in [3.8, 4) is 0 Å². The van der Waals surface area contributed by atoms with Gasteiger partial charge in [-0.15, -0.1) is 0 Å². The maximum Gasteiger partial charge on any atom is 0.416 e. The second-order valence-electron chi connectivity index (χ2n) is 11.4. The third-order valence-corrected chi connectivity index (χ3v) is 9.05. The smallest absolute Gasteiger partial charge is 0.381 e. The van der Waals surface area contributed by atoms with Crippen molar-refractivity contribution in [2.24, 2.45) is 5.92 Å². The molecule has 1 aromatic heterocycles. The van der Waals surface area contributed by atoms with Crippen LogP contribution < -0.4 is 5.32 Å². The molecule has 3 aliphatic rings. The SMILES string of the molecule is O=C(NC1(CN2C(=O)SC(=Cc3ccc4c(cnn4Cc4ccc(C(F)(F)F)cc4C(F)(F)F)c3)C2=O)CCOCC1)C1CC1. The summed E-state index contributed by atoms with van der Waals surface area (Å²) in [4.78, 5) is 40.1. The van der Waals surface area contributed by atoms with Crippen molar-refractivity contribution < 1.29 is 45.5 Å². The number of rotatable bonds is 7. The number of amides is 3. The van der Waals surface area contributed by atoms with Crippen molar-refractivity contribution in [1.29, 1.82) is 0 Å². The van der Waals surface area contributed by atoms with E-state index in [0.29, 0.717) is 48.6 Å². The summed E-state index contributed by atoms with van der Waals surface area (Å²) >= 11 is 0.768. The van der Waals surface area contributed by atoms with E-state index >= 15 is 0 Å². The molecule has 0 bridgehead atoms. The molecule has 1 N–H and O–H groups in total. The average molecular weight is 653 g/mol. The van der Waals surface area contributed by atoms with Crippen LogP contribution in [0.1, 0.15) is 47.9 Å². The van der Waals surface area contributed by atoms with Crippen LogP contribution in [0.25, 0.3) is 17.0 Å². The minimum absolute atomic E-state index is 0.0203. The van der Waals surface area contributed by atoms with Crippen LogP contribution in [0, 0.1) is 5.92 Å². The lowest BCUT2D eigenvalue weighted by atomic mass is 9.89. The molecule has 8 nitrogen and oxygen atoms in total. The van der Waals surface area contributed by atoms with E-state index in [1.165, 1.54) is 17.0 Å². The van der Waals surface area contributed by atoms with E-state index in [4.69, 9.17) is 4.74 Å². The molecule has 1 saturated carbocycles. The van der Waals surface area contributed by atoms with Crippen LogP contribution in [0.4, 0.5) is 31.1 Å². The number of imide groups is 1. The van der Waals surface area contributed by atoms with Crippen LogP contribution >= 0.6 is 11.8 Å². The van der Waals surface area contributed by atoms with Crippen molar-refractivity contribution >= 4 is 45.8 Å². The minimum atomic E-state index is -5.01. The maximum absolute atomic E-state index is 13.7. The number of carbonyl (C=O) groups is 3. The van der Waals surface area contributed by atoms with E-state index in [9.17, 15) is 40.7 Å². The van der Waals surface area contributed by atoms with Gasteiger partial charge in [0.25, 0.3) is 11.1 Å². The molecule has 2 saturated heterocycles. The second kappa shape index (κ2) is 11.5. The molecule has 0 radical (unpaired) electrons. The molecule has 2 aromatic carbocycles. The molecule has 15 heteroatoms. The van der Waals surface area contributed by atoms with Crippen molar-refractivity contribution in [1.82, 2.24) is 20.0 Å². The Morgan fingerprint density at radius 3 is 2.44 bits per heavy atom. The van der Waals surface area contributed by atoms with Gasteiger partial charge in [0.1, 0.15) is 0 Å². The fraction of sp³-hybridized carbons (Fsp3) is 0.400. The Kier molecular flexibility index (Phi) is 7.96. The molecule has 3 aromatic rings. The quantitative estimate of drug-likeness (QED) is 0.240. The van der Waals surface area contributed by atoms with Crippen molar-refractivity contribution in [2.45, 2.75) is 50.1 Å². The number of nitrogens with one attached hydrogen (secondary N) is 1. The summed E-state index contributed by atoms with van der Waals surface area (Å²) in [5.74, 6) is -0.629. The van der Waals surface area contributed by atoms with Crippen LogP contribution in [0.3, 0.4) is 0 Å². The first-order valence-corrected chi connectivity index (χ1v) is 14.9. The number of alkyl halides is 6. The number of nitrogens with zero attached hydrogens (tertiary/aromatic N) is 3. The van der Waals surface area contributed by atoms with Gasteiger partial charge in [0, 0.05) is 24.5 Å². The molecule has 0 unspecified atom stereocenters. The zero-order chi connectivity index (χ0) is 32.1. The number of benzene rings is 2. The van der Waals surface area contributed by atoms with Crippen LogP contribution in [-0.4, -0.2) is 57.0 Å². The van der Waals surface area contributed by atoms with E-state index in [2.05, 4.69) is 10.4 Å². The van der Waals surface area contributed by atoms with Gasteiger partial charge in [0.15, 0.2) is 0 Å². The van der Waals surface area contributed by atoms with E-state index in [0.717, 1.165) is 35.6 Å². The summed E-state index contributed by atoms with van der Waals surface area (Å²) in [5, 5.41) is 7.25. The van der Waals surface area contributed by atoms with Gasteiger partial charge in [-0.3, -0.25) is 24.0 Å². The lowest BCUT2D eigenvalue weighted by molar-refractivity contribution is -0.143. The number of fused-ring (bicyclic) bond motifs is 1. The van der Waals surface area contributed by atoms with Gasteiger partial charge < -0.3 is 10.1 Å². The fourth-order valence-electron chi connectivity index (χ4n) is 5.52. The Balaban J connectivity index is 1.21. The first-order chi connectivity index (χ1) is 21.2. The highest BCUT2D eigenvalue weighted by molar-refractivity contribution is 8.18. The lowest BCUT2D eigenvalue weighted by Gasteiger charge is -2.39. The Morgan fingerprint density at radius 2 is 1.78 bits per heavy atom. The van der Waals surface area contributed by atoms with Crippen molar-refractivity contribution in [3.63, 3.8) is 0 Å². The predicted octanol–water partition coefficient (Wildman–Crippen LogP) is 6.23. The zero-order valence-corrected chi connectivity index (χ0v) is 24.3. The van der Waals surface area contributed by atoms with Crippen LogP contribution in [-0.2, 0) is 33.2 Å². The molecular formula is C30H26F6N4O4S. The van der Waals surface area contributed by atoms with E-state index in [1.807, 2.05) is 0 Å². The monoisotopic (exact) mass is 652 g/mol. The number of ether oxygens (including phenoxy) is 1. The second-order valence-corrected chi connectivity index (χ2v) is 12.4. The Bertz CT molecular complexity index is 1710. The Hall–Kier alpha value is -3.85. The van der Waals surface area contributed by atoms with Crippen molar-refractivity contribution in [2.75, 3.05) is 19.8 Å². The molecule has 0 spiro atoms. The summed E-state index contributed by atoms with van der Waals surface area (Å²) in [6.07, 6.45) is -4.46. The molecule has 6 rings (SSSR count). The summed E-state index contributed by atoms with van der Waals surface area (Å²) in [7, 11) is 0. The van der Waals surface area contributed by atoms with Crippen LogP contribution in [0.15, 0.2) is 47.5 Å². The highest BCUT2D eigenvalue weighted by Gasteiger charge is 2.45. The lowest BCUT2D eigenvalue weighted by Crippen LogP contribution is -2.59. The number of carbonyl (C=O) groups excluding carboxylic acids is 3. The van der Waals surface area contributed by atoms with E-state index in [1.54, 1.807) is 18.2 Å². The molecule has 3 fully saturated rings. The third kappa shape index (κ3) is 6.59. The largest absolute Gasteiger partial charge is 0.416 e. The first kappa shape index (κ1) is 31.1. The first-order valence-electron chi connectivity index (χ1n) is 14.1. The van der Waals surface area contributed by atoms with Crippen LogP contribution in [0.5, 0.6) is 0 Å². The molecule has 2 aliphatic heterocycles. The number of thioether (sulfide) groups is 1. The molecule has 45 heavy (non-hydrogen) atoms. The zero-order valence-electron chi connectivity index (χ0n) is 23.5. The van der Waals surface area contributed by atoms with Crippen LogP contribution in [0.2, 0.25) is 0 Å². The van der Waals surface area contributed by atoms with Gasteiger partial charge in [-0.05, 0) is 78.9 Å². The third-order valence-electron chi connectivity index (χ3n) is 8.15. The predicted molar refractivity (Wildman–Crippen MR) is 152 cm³/mol. The average Bonchev–Trinajstić information content (AvgIpc) is 3.71. The standard InChI is InChI=1S/C30H26F6N4O4S/c31-29(32,33)21-5-4-19(22(13-21)30(34,35)36)15-40-23-6-1-17(11-20(23)14-37-40)12-24-26(42)39(27(43)45-24)16-28(7-9-44-10-8-28)38-25(41)18-2-3-18/h1,4-6,11-14,18H,2-3,7-10,15-16H2,(H,38,41). The highest BCUT2D eigenvalue weighted by atomic mass is 32.2. The molecule has 1 aliphatic carbocycles.